The number of H-pyrrole nitrogens is 1. The van der Waals surface area contributed by atoms with Gasteiger partial charge in [-0.1, -0.05) is 17.3 Å². The summed E-state index contributed by atoms with van der Waals surface area (Å²) in [6.45, 7) is 0.380. The smallest absolute Gasteiger partial charge is 0.439 e. The number of aromatic nitrogens is 4. The van der Waals surface area contributed by atoms with E-state index in [-0.39, 0.29) is 23.0 Å². The minimum atomic E-state index is -0.713. The first-order valence-electron chi connectivity index (χ1n) is 8.22. The zero-order chi connectivity index (χ0) is 18.8. The van der Waals surface area contributed by atoms with Crippen molar-refractivity contribution in [1.29, 1.82) is 0 Å². The van der Waals surface area contributed by atoms with E-state index in [2.05, 4.69) is 29.9 Å². The molecule has 0 fully saturated rings. The average molecular weight is 371 g/mol. The van der Waals surface area contributed by atoms with Gasteiger partial charge in [-0.25, -0.2) is 19.2 Å². The molecule has 9 nitrogen and oxygen atoms in total. The minimum Gasteiger partial charge on any atom is -0.490 e. The van der Waals surface area contributed by atoms with Gasteiger partial charge in [-0.2, -0.15) is 0 Å². The molecule has 3 heterocycles. The predicted octanol–water partition coefficient (Wildman–Crippen LogP) is 1.60. The highest BCUT2D eigenvalue weighted by molar-refractivity contribution is 5.92. The third kappa shape index (κ3) is 3.41. The molecule has 1 atom stereocenters. The van der Waals surface area contributed by atoms with Crippen LogP contribution in [0.15, 0.2) is 39.9 Å². The fourth-order valence-corrected chi connectivity index (χ4v) is 2.86. The molecule has 0 saturated carbocycles. The monoisotopic (exact) mass is 371 g/mol. The number of nitrogens with zero attached hydrogens (tertiary/aromatic N) is 3. The number of carbonyl (C=O) groups is 1. The Morgan fingerprint density at radius 1 is 1.30 bits per heavy atom. The Labute approximate surface area is 151 Å². The van der Waals surface area contributed by atoms with Crippen LogP contribution in [-0.2, 0) is 0 Å². The summed E-state index contributed by atoms with van der Waals surface area (Å²) in [5.74, 6) is -1.35. The first-order chi connectivity index (χ1) is 13.1. The number of ether oxygens (including phenoxy) is 1. The fraction of sp³-hybridized carbons (Fsp3) is 0.235. The van der Waals surface area contributed by atoms with Crippen molar-refractivity contribution in [3.05, 3.63) is 58.2 Å². The van der Waals surface area contributed by atoms with Crippen LogP contribution < -0.4 is 15.8 Å². The van der Waals surface area contributed by atoms with Gasteiger partial charge < -0.3 is 10.1 Å². The van der Waals surface area contributed by atoms with Crippen molar-refractivity contribution in [2.24, 2.45) is 0 Å². The standard InChI is InChI=1S/C17H14FN5O4/c18-10-4-1-3-9-11(5-2-6-26-14(9)10)21-16(24)13-8-19-12(7-20-13)15-22-17(25)27-23-15/h1,3-4,7-8,11H,2,5-6H2,(H,21,24)(H,22,23,25). The van der Waals surface area contributed by atoms with Gasteiger partial charge in [0.2, 0.25) is 5.82 Å². The van der Waals surface area contributed by atoms with Crippen LogP contribution in [0.5, 0.6) is 5.75 Å². The fourth-order valence-electron chi connectivity index (χ4n) is 2.86. The molecule has 1 amide bonds. The normalized spacial score (nSPS) is 16.1. The number of halogens is 1. The van der Waals surface area contributed by atoms with Crippen LogP contribution in [0.25, 0.3) is 11.5 Å². The summed E-state index contributed by atoms with van der Waals surface area (Å²) in [6.07, 6.45) is 3.83. The van der Waals surface area contributed by atoms with E-state index >= 15 is 0 Å². The summed E-state index contributed by atoms with van der Waals surface area (Å²) in [7, 11) is 0. The highest BCUT2D eigenvalue weighted by Crippen LogP contribution is 2.33. The molecule has 2 aromatic heterocycles. The van der Waals surface area contributed by atoms with Crippen molar-refractivity contribution in [3.63, 3.8) is 0 Å². The summed E-state index contributed by atoms with van der Waals surface area (Å²) in [6, 6.07) is 4.22. The second-order valence-electron chi connectivity index (χ2n) is 5.91. The van der Waals surface area contributed by atoms with Crippen LogP contribution in [-0.4, -0.2) is 32.6 Å². The number of hydrogen-bond donors (Lipinski definition) is 2. The van der Waals surface area contributed by atoms with Crippen LogP contribution in [0.1, 0.15) is 34.9 Å². The molecule has 1 aliphatic heterocycles. The van der Waals surface area contributed by atoms with Crippen LogP contribution >= 0.6 is 0 Å². The maximum Gasteiger partial charge on any atom is 0.439 e. The van der Waals surface area contributed by atoms with E-state index in [1.54, 1.807) is 12.1 Å². The number of nitrogens with one attached hydrogen (secondary N) is 2. The summed E-state index contributed by atoms with van der Waals surface area (Å²) in [5, 5.41) is 6.34. The van der Waals surface area contributed by atoms with Crippen molar-refractivity contribution in [2.45, 2.75) is 18.9 Å². The number of carbonyl (C=O) groups excluding carboxylic acids is 1. The van der Waals surface area contributed by atoms with E-state index in [4.69, 9.17) is 4.74 Å². The summed E-state index contributed by atoms with van der Waals surface area (Å²) < 4.78 is 23.9. The molecule has 3 aromatic rings. The molecule has 138 valence electrons. The molecule has 0 saturated heterocycles. The van der Waals surface area contributed by atoms with Crippen LogP contribution in [0.4, 0.5) is 4.39 Å². The topological polar surface area (TPSA) is 123 Å². The highest BCUT2D eigenvalue weighted by atomic mass is 19.1. The Bertz CT molecular complexity index is 1030. The predicted molar refractivity (Wildman–Crippen MR) is 89.5 cm³/mol. The van der Waals surface area contributed by atoms with E-state index in [1.807, 2.05) is 0 Å². The Kier molecular flexibility index (Phi) is 4.37. The number of fused-ring (bicyclic) bond motifs is 1. The summed E-state index contributed by atoms with van der Waals surface area (Å²) in [5.41, 5.74) is 0.922. The number of para-hydroxylation sites is 1. The van der Waals surface area contributed by atoms with E-state index in [0.29, 0.717) is 25.0 Å². The van der Waals surface area contributed by atoms with Gasteiger partial charge in [0, 0.05) is 5.56 Å². The van der Waals surface area contributed by atoms with E-state index < -0.39 is 23.5 Å². The lowest BCUT2D eigenvalue weighted by molar-refractivity contribution is 0.0929. The minimum absolute atomic E-state index is 0.0766. The van der Waals surface area contributed by atoms with E-state index in [9.17, 15) is 14.0 Å². The Balaban J connectivity index is 1.54. The van der Waals surface area contributed by atoms with Crippen molar-refractivity contribution < 1.29 is 18.4 Å². The quantitative estimate of drug-likeness (QED) is 0.717. The molecule has 2 N–H and O–H groups in total. The lowest BCUT2D eigenvalue weighted by Gasteiger charge is -2.18. The van der Waals surface area contributed by atoms with Gasteiger partial charge in [0.1, 0.15) is 11.4 Å². The van der Waals surface area contributed by atoms with Gasteiger partial charge in [0.25, 0.3) is 5.91 Å². The Hall–Kier alpha value is -3.56. The van der Waals surface area contributed by atoms with Gasteiger partial charge in [0.15, 0.2) is 11.6 Å². The Morgan fingerprint density at radius 3 is 2.93 bits per heavy atom. The zero-order valence-electron chi connectivity index (χ0n) is 13.9. The first kappa shape index (κ1) is 16.9. The molecular weight excluding hydrogens is 357 g/mol. The number of aromatic amines is 1. The summed E-state index contributed by atoms with van der Waals surface area (Å²) in [4.78, 5) is 34.0. The van der Waals surface area contributed by atoms with Crippen LogP contribution in [0.2, 0.25) is 0 Å². The third-order valence-corrected chi connectivity index (χ3v) is 4.13. The van der Waals surface area contributed by atoms with Crippen molar-refractivity contribution in [1.82, 2.24) is 25.4 Å². The van der Waals surface area contributed by atoms with Gasteiger partial charge in [0.05, 0.1) is 25.0 Å². The summed E-state index contributed by atoms with van der Waals surface area (Å²) >= 11 is 0. The first-order valence-corrected chi connectivity index (χ1v) is 8.22. The molecule has 27 heavy (non-hydrogen) atoms. The molecule has 1 aliphatic rings. The van der Waals surface area contributed by atoms with Gasteiger partial charge >= 0.3 is 5.76 Å². The SMILES string of the molecule is O=C(NC1CCCOc2c(F)cccc21)c1cnc(-c2noc(=O)[nH]2)cn1. The molecule has 10 heteroatoms. The second kappa shape index (κ2) is 6.98. The number of rotatable bonds is 3. The average Bonchev–Trinajstić information content (AvgIpc) is 3.00. The van der Waals surface area contributed by atoms with Crippen molar-refractivity contribution in [3.8, 4) is 17.3 Å². The molecule has 1 aromatic carbocycles. The molecule has 0 spiro atoms. The van der Waals surface area contributed by atoms with Crippen LogP contribution in [0.3, 0.4) is 0 Å². The molecule has 1 unspecified atom stereocenters. The number of hydrogen-bond acceptors (Lipinski definition) is 7. The Morgan fingerprint density at radius 2 is 2.19 bits per heavy atom. The van der Waals surface area contributed by atoms with Crippen molar-refractivity contribution >= 4 is 5.91 Å². The third-order valence-electron chi connectivity index (χ3n) is 4.13. The van der Waals surface area contributed by atoms with E-state index in [0.717, 1.165) is 0 Å². The zero-order valence-corrected chi connectivity index (χ0v) is 13.9. The molecule has 0 aliphatic carbocycles. The number of benzene rings is 1. The molecule has 0 bridgehead atoms. The van der Waals surface area contributed by atoms with E-state index in [1.165, 1.54) is 18.5 Å². The van der Waals surface area contributed by atoms with Gasteiger partial charge in [-0.3, -0.25) is 14.3 Å². The molecular formula is C17H14FN5O4. The van der Waals surface area contributed by atoms with Gasteiger partial charge in [-0.05, 0) is 18.9 Å². The molecule has 0 radical (unpaired) electrons. The molecule has 4 rings (SSSR count). The lowest BCUT2D eigenvalue weighted by Crippen LogP contribution is -2.29. The second-order valence-corrected chi connectivity index (χ2v) is 5.91. The van der Waals surface area contributed by atoms with Crippen LogP contribution in [0, 0.1) is 5.82 Å². The van der Waals surface area contributed by atoms with Gasteiger partial charge in [-0.15, -0.1) is 0 Å². The highest BCUT2D eigenvalue weighted by Gasteiger charge is 2.24. The maximum absolute atomic E-state index is 14.0. The van der Waals surface area contributed by atoms with Crippen molar-refractivity contribution in [2.75, 3.05) is 6.61 Å². The largest absolute Gasteiger partial charge is 0.490 e. The lowest BCUT2D eigenvalue weighted by atomic mass is 10.0. The number of amides is 1. The maximum atomic E-state index is 14.0.